The summed E-state index contributed by atoms with van der Waals surface area (Å²) in [6, 6.07) is 7.67. The lowest BCUT2D eigenvalue weighted by Crippen LogP contribution is -1.83. The smallest absolute Gasteiger partial charge is 0.0540 e. The molecule has 1 N–H and O–H groups in total. The van der Waals surface area contributed by atoms with Gasteiger partial charge in [0.1, 0.15) is 0 Å². The summed E-state index contributed by atoms with van der Waals surface area (Å²) in [4.78, 5) is 0. The van der Waals surface area contributed by atoms with Crippen LogP contribution < -0.4 is 0 Å². The molecule has 0 atom stereocenters. The van der Waals surface area contributed by atoms with Crippen molar-refractivity contribution in [3.63, 3.8) is 0 Å². The number of aliphatic hydroxyl groups is 1. The molecule has 0 saturated carbocycles. The molecule has 15 heavy (non-hydrogen) atoms. The zero-order valence-corrected chi connectivity index (χ0v) is 8.46. The monoisotopic (exact) mass is 196 g/mol. The molecule has 0 spiro atoms. The molecule has 0 aliphatic heterocycles. The van der Waals surface area contributed by atoms with E-state index < -0.39 is 0 Å². The van der Waals surface area contributed by atoms with E-state index in [1.165, 1.54) is 0 Å². The van der Waals surface area contributed by atoms with E-state index in [0.29, 0.717) is 6.42 Å². The van der Waals surface area contributed by atoms with Crippen molar-refractivity contribution in [1.29, 1.82) is 0 Å². The molecule has 0 amide bonds. The highest BCUT2D eigenvalue weighted by Gasteiger charge is 1.93. The average Bonchev–Trinajstić information content (AvgIpc) is 2.28. The van der Waals surface area contributed by atoms with Crippen LogP contribution in [0.3, 0.4) is 0 Å². The summed E-state index contributed by atoms with van der Waals surface area (Å²) in [6.45, 7) is 3.63. The number of benzene rings is 1. The molecular formula is C14H12O. The molecule has 1 aromatic rings. The van der Waals surface area contributed by atoms with Gasteiger partial charge in [0.25, 0.3) is 0 Å². The van der Waals surface area contributed by atoms with Gasteiger partial charge in [0.05, 0.1) is 6.61 Å². The van der Waals surface area contributed by atoms with Crippen LogP contribution >= 0.6 is 0 Å². The van der Waals surface area contributed by atoms with Gasteiger partial charge in [-0.15, -0.1) is 0 Å². The van der Waals surface area contributed by atoms with E-state index in [4.69, 9.17) is 5.11 Å². The van der Waals surface area contributed by atoms with Crippen molar-refractivity contribution in [2.24, 2.45) is 0 Å². The molecule has 74 valence electrons. The fraction of sp³-hybridized carbons (Fsp3) is 0.143. The molecule has 0 bridgehead atoms. The summed E-state index contributed by atoms with van der Waals surface area (Å²) in [5.41, 5.74) is 1.78. The first-order valence-corrected chi connectivity index (χ1v) is 4.69. The summed E-state index contributed by atoms with van der Waals surface area (Å²) >= 11 is 0. The minimum atomic E-state index is 0.0908. The maximum Gasteiger partial charge on any atom is 0.0540 e. The predicted octanol–water partition coefficient (Wildman–Crippen LogP) is 1.96. The maximum atomic E-state index is 8.61. The minimum Gasteiger partial charge on any atom is -0.395 e. The van der Waals surface area contributed by atoms with Crippen molar-refractivity contribution in [3.05, 3.63) is 48.0 Å². The molecule has 0 saturated heterocycles. The van der Waals surface area contributed by atoms with Crippen molar-refractivity contribution in [2.75, 3.05) is 6.61 Å². The number of hydrogen-bond donors (Lipinski definition) is 1. The molecule has 0 radical (unpaired) electrons. The Hall–Kier alpha value is -1.96. The molecule has 0 fully saturated rings. The molecular weight excluding hydrogens is 184 g/mol. The van der Waals surface area contributed by atoms with Crippen LogP contribution in [0, 0.1) is 23.7 Å². The fourth-order valence-corrected chi connectivity index (χ4v) is 1.04. The second-order valence-electron chi connectivity index (χ2n) is 2.79. The van der Waals surface area contributed by atoms with E-state index in [1.54, 1.807) is 6.08 Å². The van der Waals surface area contributed by atoms with Gasteiger partial charge in [-0.25, -0.2) is 0 Å². The minimum absolute atomic E-state index is 0.0908. The van der Waals surface area contributed by atoms with Gasteiger partial charge >= 0.3 is 0 Å². The molecule has 1 aromatic carbocycles. The van der Waals surface area contributed by atoms with Crippen molar-refractivity contribution in [3.8, 4) is 23.7 Å². The Balaban J connectivity index is 2.97. The van der Waals surface area contributed by atoms with Gasteiger partial charge in [0.2, 0.25) is 0 Å². The third kappa shape index (κ3) is 3.73. The number of hydrogen-bond acceptors (Lipinski definition) is 1. The number of allylic oxidation sites excluding steroid dienone is 1. The SMILES string of the molecule is C=CC#Cc1ccccc1C#CCCO. The fourth-order valence-electron chi connectivity index (χ4n) is 1.04. The molecule has 0 aliphatic rings. The lowest BCUT2D eigenvalue weighted by Gasteiger charge is -1.94. The highest BCUT2D eigenvalue weighted by atomic mass is 16.2. The number of aliphatic hydroxyl groups excluding tert-OH is 1. The summed E-state index contributed by atoms with van der Waals surface area (Å²) in [5.74, 6) is 11.6. The van der Waals surface area contributed by atoms with Crippen LogP contribution in [0.15, 0.2) is 36.9 Å². The van der Waals surface area contributed by atoms with E-state index in [2.05, 4.69) is 30.3 Å². The van der Waals surface area contributed by atoms with Crippen LogP contribution in [0.2, 0.25) is 0 Å². The third-order valence-corrected chi connectivity index (χ3v) is 1.70. The maximum absolute atomic E-state index is 8.61. The van der Waals surface area contributed by atoms with Crippen LogP contribution in [0.5, 0.6) is 0 Å². The van der Waals surface area contributed by atoms with Crippen LogP contribution in [0.4, 0.5) is 0 Å². The van der Waals surface area contributed by atoms with Gasteiger partial charge in [0.15, 0.2) is 0 Å². The zero-order chi connectivity index (χ0) is 10.9. The average molecular weight is 196 g/mol. The highest BCUT2D eigenvalue weighted by Crippen LogP contribution is 2.05. The van der Waals surface area contributed by atoms with Gasteiger partial charge in [-0.05, 0) is 18.2 Å². The Labute approximate surface area is 90.5 Å². The molecule has 0 heterocycles. The van der Waals surface area contributed by atoms with E-state index in [0.717, 1.165) is 11.1 Å². The molecule has 0 aliphatic carbocycles. The molecule has 1 nitrogen and oxygen atoms in total. The molecule has 1 heteroatoms. The lowest BCUT2D eigenvalue weighted by molar-refractivity contribution is 0.305. The summed E-state index contributed by atoms with van der Waals surface area (Å²) in [7, 11) is 0. The van der Waals surface area contributed by atoms with Gasteiger partial charge in [-0.2, -0.15) is 0 Å². The Morgan fingerprint density at radius 1 is 1.20 bits per heavy atom. The van der Waals surface area contributed by atoms with Crippen LogP contribution in [-0.4, -0.2) is 11.7 Å². The van der Waals surface area contributed by atoms with E-state index in [-0.39, 0.29) is 6.61 Å². The summed E-state index contributed by atoms with van der Waals surface area (Å²) in [5, 5.41) is 8.61. The predicted molar refractivity (Wildman–Crippen MR) is 62.1 cm³/mol. The Bertz CT molecular complexity index is 449. The first kappa shape index (κ1) is 11.1. The Kier molecular flexibility index (Phi) is 4.81. The van der Waals surface area contributed by atoms with E-state index in [9.17, 15) is 0 Å². The van der Waals surface area contributed by atoms with Gasteiger partial charge < -0.3 is 5.11 Å². The van der Waals surface area contributed by atoms with Crippen molar-refractivity contribution in [1.82, 2.24) is 0 Å². The summed E-state index contributed by atoms with van der Waals surface area (Å²) in [6.07, 6.45) is 2.04. The quantitative estimate of drug-likeness (QED) is 0.681. The molecule has 1 rings (SSSR count). The van der Waals surface area contributed by atoms with Crippen LogP contribution in [0.25, 0.3) is 0 Å². The first-order chi connectivity index (χ1) is 7.38. The second-order valence-corrected chi connectivity index (χ2v) is 2.79. The Morgan fingerprint density at radius 3 is 2.47 bits per heavy atom. The Morgan fingerprint density at radius 2 is 1.87 bits per heavy atom. The van der Waals surface area contributed by atoms with Crippen molar-refractivity contribution < 1.29 is 5.11 Å². The van der Waals surface area contributed by atoms with Gasteiger partial charge in [0, 0.05) is 17.5 Å². The highest BCUT2D eigenvalue weighted by molar-refractivity contribution is 5.50. The van der Waals surface area contributed by atoms with Gasteiger partial charge in [-0.3, -0.25) is 0 Å². The van der Waals surface area contributed by atoms with E-state index in [1.807, 2.05) is 24.3 Å². The molecule has 0 aromatic heterocycles. The van der Waals surface area contributed by atoms with Crippen LogP contribution in [0.1, 0.15) is 17.5 Å². The zero-order valence-electron chi connectivity index (χ0n) is 8.46. The van der Waals surface area contributed by atoms with Gasteiger partial charge in [-0.1, -0.05) is 42.4 Å². The lowest BCUT2D eigenvalue weighted by atomic mass is 10.1. The topological polar surface area (TPSA) is 20.2 Å². The normalized spacial score (nSPS) is 8.07. The van der Waals surface area contributed by atoms with Crippen LogP contribution in [-0.2, 0) is 0 Å². The standard InChI is InChI=1S/C14H12O/c1-2-3-8-13-9-4-5-10-14(13)11-6-7-12-15/h2,4-5,9-10,15H,1,7,12H2. The first-order valence-electron chi connectivity index (χ1n) is 4.69. The largest absolute Gasteiger partial charge is 0.395 e. The second kappa shape index (κ2) is 6.49. The van der Waals surface area contributed by atoms with Crippen molar-refractivity contribution in [2.45, 2.75) is 6.42 Å². The molecule has 0 unspecified atom stereocenters. The summed E-state index contributed by atoms with van der Waals surface area (Å²) < 4.78 is 0. The number of rotatable bonds is 1. The van der Waals surface area contributed by atoms with Crippen molar-refractivity contribution >= 4 is 0 Å². The van der Waals surface area contributed by atoms with E-state index >= 15 is 0 Å². The third-order valence-electron chi connectivity index (χ3n) is 1.70.